The van der Waals surface area contributed by atoms with Crippen LogP contribution < -0.4 is 10.1 Å². The number of aromatic nitrogens is 2. The topological polar surface area (TPSA) is 47.0 Å². The molecule has 0 saturated heterocycles. The van der Waals surface area contributed by atoms with E-state index in [2.05, 4.69) is 36.1 Å². The average molecular weight is 237 g/mol. The Morgan fingerprint density at radius 1 is 1.24 bits per heavy atom. The van der Waals surface area contributed by atoms with Crippen LogP contribution in [0.25, 0.3) is 0 Å². The van der Waals surface area contributed by atoms with Gasteiger partial charge in [-0.1, -0.05) is 20.8 Å². The van der Waals surface area contributed by atoms with E-state index in [0.29, 0.717) is 11.8 Å². The zero-order valence-electron chi connectivity index (χ0n) is 11.2. The Kier molecular flexibility index (Phi) is 5.91. The summed E-state index contributed by atoms with van der Waals surface area (Å²) in [6.45, 7) is 7.49. The van der Waals surface area contributed by atoms with Crippen LogP contribution in [0.1, 0.15) is 45.3 Å². The third-order valence-corrected chi connectivity index (χ3v) is 2.70. The van der Waals surface area contributed by atoms with Crippen LogP contribution in [0.5, 0.6) is 5.88 Å². The number of nitrogens with one attached hydrogen (secondary N) is 1. The van der Waals surface area contributed by atoms with Crippen LogP contribution in [-0.2, 0) is 0 Å². The minimum Gasteiger partial charge on any atom is -0.480 e. The molecule has 0 aliphatic heterocycles. The van der Waals surface area contributed by atoms with Crippen molar-refractivity contribution in [2.24, 2.45) is 5.92 Å². The Morgan fingerprint density at radius 2 is 1.94 bits per heavy atom. The summed E-state index contributed by atoms with van der Waals surface area (Å²) < 4.78 is 5.27. The molecule has 0 bridgehead atoms. The van der Waals surface area contributed by atoms with Gasteiger partial charge in [-0.2, -0.15) is 0 Å². The summed E-state index contributed by atoms with van der Waals surface area (Å²) in [6, 6.07) is 0.228. The van der Waals surface area contributed by atoms with E-state index < -0.39 is 0 Å². The van der Waals surface area contributed by atoms with Crippen LogP contribution in [0.3, 0.4) is 0 Å². The molecule has 17 heavy (non-hydrogen) atoms. The Morgan fingerprint density at radius 3 is 2.53 bits per heavy atom. The van der Waals surface area contributed by atoms with E-state index in [0.717, 1.165) is 25.1 Å². The van der Waals surface area contributed by atoms with E-state index >= 15 is 0 Å². The highest BCUT2D eigenvalue weighted by atomic mass is 16.5. The first-order valence-electron chi connectivity index (χ1n) is 6.27. The summed E-state index contributed by atoms with van der Waals surface area (Å²) in [4.78, 5) is 8.60. The molecule has 4 nitrogen and oxygen atoms in total. The normalized spacial score (nSPS) is 12.8. The van der Waals surface area contributed by atoms with Gasteiger partial charge < -0.3 is 10.1 Å². The Bertz CT molecular complexity index is 328. The summed E-state index contributed by atoms with van der Waals surface area (Å²) in [6.07, 6.45) is 5.60. The van der Waals surface area contributed by atoms with E-state index in [1.807, 2.05) is 0 Å². The molecule has 96 valence electrons. The maximum Gasteiger partial charge on any atom is 0.236 e. The molecule has 0 spiro atoms. The van der Waals surface area contributed by atoms with Crippen molar-refractivity contribution in [3.63, 3.8) is 0 Å². The number of rotatable bonds is 7. The van der Waals surface area contributed by atoms with Crippen molar-refractivity contribution >= 4 is 0 Å². The molecule has 1 unspecified atom stereocenters. The van der Waals surface area contributed by atoms with Gasteiger partial charge >= 0.3 is 0 Å². The van der Waals surface area contributed by atoms with E-state index in [1.165, 1.54) is 0 Å². The van der Waals surface area contributed by atoms with Crippen LogP contribution in [0.15, 0.2) is 12.4 Å². The summed E-state index contributed by atoms with van der Waals surface area (Å²) >= 11 is 0. The molecule has 1 atom stereocenters. The first-order chi connectivity index (χ1) is 8.19. The monoisotopic (exact) mass is 237 g/mol. The summed E-state index contributed by atoms with van der Waals surface area (Å²) in [5.41, 5.74) is 0.914. The maximum absolute atomic E-state index is 5.27. The minimum atomic E-state index is 0.228. The van der Waals surface area contributed by atoms with Crippen LogP contribution >= 0.6 is 0 Å². The van der Waals surface area contributed by atoms with Gasteiger partial charge in [-0.15, -0.1) is 0 Å². The number of hydrogen-bond donors (Lipinski definition) is 1. The van der Waals surface area contributed by atoms with Gasteiger partial charge in [0.2, 0.25) is 5.88 Å². The lowest BCUT2D eigenvalue weighted by molar-refractivity contribution is 0.367. The van der Waals surface area contributed by atoms with Crippen molar-refractivity contribution in [2.45, 2.75) is 39.7 Å². The first-order valence-corrected chi connectivity index (χ1v) is 6.27. The molecular weight excluding hydrogens is 214 g/mol. The van der Waals surface area contributed by atoms with Gasteiger partial charge in [0.15, 0.2) is 0 Å². The van der Waals surface area contributed by atoms with Crippen molar-refractivity contribution < 1.29 is 4.74 Å². The molecule has 4 heteroatoms. The lowest BCUT2D eigenvalue weighted by atomic mass is 10.0. The highest BCUT2D eigenvalue weighted by Gasteiger charge is 2.17. The predicted molar refractivity (Wildman–Crippen MR) is 69.1 cm³/mol. The van der Waals surface area contributed by atoms with Crippen LogP contribution in [0.2, 0.25) is 0 Å². The molecule has 0 aromatic carbocycles. The van der Waals surface area contributed by atoms with Gasteiger partial charge in [-0.25, -0.2) is 4.98 Å². The van der Waals surface area contributed by atoms with E-state index in [9.17, 15) is 0 Å². The third kappa shape index (κ3) is 4.30. The van der Waals surface area contributed by atoms with Gasteiger partial charge in [0.1, 0.15) is 5.69 Å². The highest BCUT2D eigenvalue weighted by Crippen LogP contribution is 2.25. The van der Waals surface area contributed by atoms with Crippen molar-refractivity contribution in [3.05, 3.63) is 18.1 Å². The largest absolute Gasteiger partial charge is 0.480 e. The highest BCUT2D eigenvalue weighted by molar-refractivity contribution is 5.21. The third-order valence-electron chi connectivity index (χ3n) is 2.70. The van der Waals surface area contributed by atoms with Crippen molar-refractivity contribution in [1.82, 2.24) is 15.3 Å². The van der Waals surface area contributed by atoms with Gasteiger partial charge in [0, 0.05) is 12.4 Å². The Labute approximate surface area is 104 Å². The lowest BCUT2D eigenvalue weighted by Crippen LogP contribution is -2.23. The molecule has 0 fully saturated rings. The van der Waals surface area contributed by atoms with Crippen molar-refractivity contribution in [1.29, 1.82) is 0 Å². The van der Waals surface area contributed by atoms with Gasteiger partial charge in [0.25, 0.3) is 0 Å². The number of ether oxygens (including phenoxy) is 1. The second-order valence-corrected chi connectivity index (χ2v) is 4.53. The minimum absolute atomic E-state index is 0.228. The molecular formula is C13H23N3O. The maximum atomic E-state index is 5.27. The van der Waals surface area contributed by atoms with Crippen molar-refractivity contribution in [2.75, 3.05) is 13.7 Å². The zero-order valence-corrected chi connectivity index (χ0v) is 11.2. The molecule has 0 aliphatic rings. The fourth-order valence-electron chi connectivity index (χ4n) is 1.81. The van der Waals surface area contributed by atoms with Crippen LogP contribution in [-0.4, -0.2) is 23.6 Å². The number of nitrogens with zero attached hydrogens (tertiary/aromatic N) is 2. The molecule has 0 saturated carbocycles. The average Bonchev–Trinajstić information content (AvgIpc) is 2.34. The van der Waals surface area contributed by atoms with Crippen LogP contribution in [0, 0.1) is 5.92 Å². The summed E-state index contributed by atoms with van der Waals surface area (Å²) in [5.74, 6) is 1.32. The molecule has 0 aliphatic carbocycles. The SMILES string of the molecule is CCNC(CCC(C)C)c1nccnc1OC. The number of methoxy groups -OCH3 is 1. The van der Waals surface area contributed by atoms with Gasteiger partial charge in [-0.05, 0) is 25.3 Å². The fourth-order valence-corrected chi connectivity index (χ4v) is 1.81. The molecule has 1 N–H and O–H groups in total. The molecule has 1 aromatic rings. The van der Waals surface area contributed by atoms with E-state index in [1.54, 1.807) is 19.5 Å². The predicted octanol–water partition coefficient (Wildman–Crippen LogP) is 2.57. The van der Waals surface area contributed by atoms with Crippen molar-refractivity contribution in [3.8, 4) is 5.88 Å². The standard InChI is InChI=1S/C13H23N3O/c1-5-14-11(7-6-10(2)3)12-13(17-4)16-9-8-15-12/h8-11,14H,5-7H2,1-4H3. The quantitative estimate of drug-likeness (QED) is 0.791. The van der Waals surface area contributed by atoms with Crippen LogP contribution in [0.4, 0.5) is 0 Å². The zero-order chi connectivity index (χ0) is 12.7. The second-order valence-electron chi connectivity index (χ2n) is 4.53. The van der Waals surface area contributed by atoms with E-state index in [4.69, 9.17) is 4.74 Å². The number of hydrogen-bond acceptors (Lipinski definition) is 4. The lowest BCUT2D eigenvalue weighted by Gasteiger charge is -2.19. The van der Waals surface area contributed by atoms with Gasteiger partial charge in [0.05, 0.1) is 13.2 Å². The second kappa shape index (κ2) is 7.22. The summed E-state index contributed by atoms with van der Waals surface area (Å²) in [5, 5.41) is 3.45. The molecule has 0 radical (unpaired) electrons. The Hall–Kier alpha value is -1.16. The fraction of sp³-hybridized carbons (Fsp3) is 0.692. The smallest absolute Gasteiger partial charge is 0.236 e. The van der Waals surface area contributed by atoms with Gasteiger partial charge in [-0.3, -0.25) is 4.98 Å². The summed E-state index contributed by atoms with van der Waals surface area (Å²) in [7, 11) is 1.64. The molecule has 1 heterocycles. The van der Waals surface area contributed by atoms with E-state index in [-0.39, 0.29) is 6.04 Å². The molecule has 0 amide bonds. The first kappa shape index (κ1) is 13.9. The molecule has 1 aromatic heterocycles. The Balaban J connectivity index is 2.80. The molecule has 1 rings (SSSR count).